The van der Waals surface area contributed by atoms with Crippen LogP contribution in [-0.4, -0.2) is 12.1 Å². The van der Waals surface area contributed by atoms with Gasteiger partial charge in [0, 0.05) is 10.6 Å². The number of rotatable bonds is 3. The minimum absolute atomic E-state index is 0.548. The largest absolute Gasteiger partial charge is 0.491 e. The molecule has 0 heterocycles. The molecule has 0 N–H and O–H groups in total. The second-order valence-electron chi connectivity index (χ2n) is 3.84. The smallest absolute Gasteiger partial charge is 0.428 e. The molecule has 0 saturated carbocycles. The fourth-order valence-electron chi connectivity index (χ4n) is 1.52. The molecule has 6 heteroatoms. The van der Waals surface area contributed by atoms with Crippen LogP contribution in [0.1, 0.15) is 0 Å². The Bertz CT molecular complexity index is 530. The van der Waals surface area contributed by atoms with E-state index >= 15 is 0 Å². The van der Waals surface area contributed by atoms with Crippen LogP contribution in [0.2, 0.25) is 0 Å². The Kier molecular flexibility index (Phi) is 4.40. The van der Waals surface area contributed by atoms with Crippen molar-refractivity contribution in [3.8, 4) is 0 Å². The van der Waals surface area contributed by atoms with Crippen molar-refractivity contribution in [1.82, 2.24) is 0 Å². The molecule has 2 nitrogen and oxygen atoms in total. The molecule has 0 bridgehead atoms. The molecule has 0 fully saturated rings. The zero-order valence-electron chi connectivity index (χ0n) is 10.2. The van der Waals surface area contributed by atoms with E-state index < -0.39 is 20.3 Å². The van der Waals surface area contributed by atoms with Crippen LogP contribution >= 0.6 is 8.15 Å². The Hall–Kier alpha value is -1.87. The summed E-state index contributed by atoms with van der Waals surface area (Å²) >= 11 is 0. The number of carbonyl (C=O) groups is 1. The second-order valence-corrected chi connectivity index (χ2v) is 5.65. The van der Waals surface area contributed by atoms with Gasteiger partial charge in [-0.15, -0.1) is 0 Å². The molecular weight excluding hydrogens is 288 g/mol. The average Bonchev–Trinajstić information content (AvgIpc) is 2.45. The van der Waals surface area contributed by atoms with Gasteiger partial charge in [-0.25, -0.2) is 4.79 Å². The zero-order chi connectivity index (χ0) is 14.6. The molecule has 0 aliphatic rings. The van der Waals surface area contributed by atoms with Gasteiger partial charge in [0.25, 0.3) is 0 Å². The number of alkyl halides is 3. The van der Waals surface area contributed by atoms with Crippen molar-refractivity contribution in [3.05, 3.63) is 60.7 Å². The van der Waals surface area contributed by atoms with Crippen molar-refractivity contribution < 1.29 is 22.5 Å². The first-order valence-corrected chi connectivity index (χ1v) is 6.94. The van der Waals surface area contributed by atoms with Crippen molar-refractivity contribution in [3.63, 3.8) is 0 Å². The summed E-state index contributed by atoms with van der Waals surface area (Å²) in [6, 6.07) is 16.8. The molecule has 0 aromatic heterocycles. The summed E-state index contributed by atoms with van der Waals surface area (Å²) in [5.41, 5.74) is 0. The number of hydrogen-bond donors (Lipinski definition) is 0. The molecule has 20 heavy (non-hydrogen) atoms. The molecule has 104 valence electrons. The van der Waals surface area contributed by atoms with Crippen LogP contribution in [0.15, 0.2) is 60.7 Å². The lowest BCUT2D eigenvalue weighted by Crippen LogP contribution is -2.27. The van der Waals surface area contributed by atoms with Gasteiger partial charge >= 0.3 is 12.1 Å². The number of benzene rings is 2. The van der Waals surface area contributed by atoms with Gasteiger partial charge in [-0.2, -0.15) is 13.2 Å². The summed E-state index contributed by atoms with van der Waals surface area (Å²) in [7, 11) is -1.82. The van der Waals surface area contributed by atoms with Crippen molar-refractivity contribution >= 4 is 24.7 Å². The van der Waals surface area contributed by atoms with E-state index in [4.69, 9.17) is 0 Å². The van der Waals surface area contributed by atoms with Gasteiger partial charge in [0.05, 0.1) is 0 Å². The highest BCUT2D eigenvalue weighted by atomic mass is 31.1. The predicted molar refractivity (Wildman–Crippen MR) is 71.2 cm³/mol. The maximum Gasteiger partial charge on any atom is 0.491 e. The number of hydrogen-bond acceptors (Lipinski definition) is 2. The third kappa shape index (κ3) is 3.58. The monoisotopic (exact) mass is 298 g/mol. The maximum absolute atomic E-state index is 12.4. The molecule has 0 aliphatic carbocycles. The number of halogens is 3. The van der Waals surface area contributed by atoms with Gasteiger partial charge < -0.3 is 4.52 Å². The maximum atomic E-state index is 12.4. The third-order valence-corrected chi connectivity index (χ3v) is 4.27. The molecule has 0 amide bonds. The van der Waals surface area contributed by atoms with E-state index in [1.807, 2.05) is 0 Å². The van der Waals surface area contributed by atoms with Crippen LogP contribution in [0.3, 0.4) is 0 Å². The minimum Gasteiger partial charge on any atom is -0.428 e. The van der Waals surface area contributed by atoms with Crippen LogP contribution < -0.4 is 10.6 Å². The first kappa shape index (κ1) is 14.5. The standard InChI is InChI=1S/C14H10F3O2P/c15-14(16,17)13(18)19-20(11-7-3-1-4-8-11)12-9-5-2-6-10-12/h1-10H. The molecule has 2 aromatic rings. The Morgan fingerprint density at radius 3 is 1.60 bits per heavy atom. The van der Waals surface area contributed by atoms with Crippen molar-refractivity contribution in [2.45, 2.75) is 6.18 Å². The highest BCUT2D eigenvalue weighted by molar-refractivity contribution is 7.69. The Balaban J connectivity index is 2.34. The van der Waals surface area contributed by atoms with Gasteiger partial charge in [-0.1, -0.05) is 60.7 Å². The van der Waals surface area contributed by atoms with Gasteiger partial charge in [-0.3, -0.25) is 0 Å². The normalized spacial score (nSPS) is 11.4. The summed E-state index contributed by atoms with van der Waals surface area (Å²) in [6.07, 6.45) is -5.00. The molecule has 0 unspecified atom stereocenters. The van der Waals surface area contributed by atoms with Crippen LogP contribution in [-0.2, 0) is 9.32 Å². The van der Waals surface area contributed by atoms with Gasteiger partial charge in [0.15, 0.2) is 8.15 Å². The van der Waals surface area contributed by atoms with Crippen LogP contribution in [0.4, 0.5) is 13.2 Å². The summed E-state index contributed by atoms with van der Waals surface area (Å²) in [5, 5.41) is 1.10. The van der Waals surface area contributed by atoms with Crippen LogP contribution in [0.25, 0.3) is 0 Å². The summed E-state index contributed by atoms with van der Waals surface area (Å²) < 4.78 is 41.8. The SMILES string of the molecule is O=C(OP(c1ccccc1)c1ccccc1)C(F)(F)F. The van der Waals surface area contributed by atoms with E-state index in [9.17, 15) is 18.0 Å². The fraction of sp³-hybridized carbons (Fsp3) is 0.0714. The molecule has 2 aromatic carbocycles. The van der Waals surface area contributed by atoms with Crippen LogP contribution in [0.5, 0.6) is 0 Å². The highest BCUT2D eigenvalue weighted by Gasteiger charge is 2.43. The van der Waals surface area contributed by atoms with E-state index in [0.717, 1.165) is 0 Å². The van der Waals surface area contributed by atoms with Crippen molar-refractivity contribution in [2.75, 3.05) is 0 Å². The Morgan fingerprint density at radius 2 is 1.25 bits per heavy atom. The van der Waals surface area contributed by atoms with Crippen molar-refractivity contribution in [2.24, 2.45) is 0 Å². The molecular formula is C14H10F3O2P. The van der Waals surface area contributed by atoms with E-state index in [1.54, 1.807) is 60.7 Å². The molecule has 0 saturated heterocycles. The lowest BCUT2D eigenvalue weighted by Gasteiger charge is -2.18. The van der Waals surface area contributed by atoms with Gasteiger partial charge in [0.2, 0.25) is 0 Å². The quantitative estimate of drug-likeness (QED) is 0.814. The average molecular weight is 298 g/mol. The van der Waals surface area contributed by atoms with Crippen molar-refractivity contribution in [1.29, 1.82) is 0 Å². The predicted octanol–water partition coefficient (Wildman–Crippen LogP) is 3.14. The van der Waals surface area contributed by atoms with E-state index in [0.29, 0.717) is 10.6 Å². The molecule has 0 atom stereocenters. The molecule has 2 rings (SSSR count). The van der Waals surface area contributed by atoms with Gasteiger partial charge in [-0.05, 0) is 0 Å². The Labute approximate surface area is 115 Å². The van der Waals surface area contributed by atoms with E-state index in [-0.39, 0.29) is 0 Å². The highest BCUT2D eigenvalue weighted by Crippen LogP contribution is 2.37. The first-order chi connectivity index (χ1) is 9.48. The minimum atomic E-state index is -5.00. The lowest BCUT2D eigenvalue weighted by molar-refractivity contribution is -0.188. The number of carbonyl (C=O) groups excluding carboxylic acids is 1. The summed E-state index contributed by atoms with van der Waals surface area (Å²) in [6.45, 7) is 0. The van der Waals surface area contributed by atoms with Crippen LogP contribution in [0, 0.1) is 0 Å². The van der Waals surface area contributed by atoms with E-state index in [1.165, 1.54) is 0 Å². The van der Waals surface area contributed by atoms with Gasteiger partial charge in [0.1, 0.15) is 0 Å². The third-order valence-electron chi connectivity index (χ3n) is 2.39. The summed E-state index contributed by atoms with van der Waals surface area (Å²) in [5.74, 6) is -2.17. The second kappa shape index (κ2) is 6.06. The molecule has 0 spiro atoms. The molecule has 0 radical (unpaired) electrons. The Morgan fingerprint density at radius 1 is 0.850 bits per heavy atom. The topological polar surface area (TPSA) is 26.3 Å². The zero-order valence-corrected chi connectivity index (χ0v) is 11.1. The first-order valence-electron chi connectivity index (χ1n) is 5.68. The fourth-order valence-corrected chi connectivity index (χ4v) is 3.18. The summed E-state index contributed by atoms with van der Waals surface area (Å²) in [4.78, 5) is 11.1. The molecule has 0 aliphatic heterocycles. The lowest BCUT2D eigenvalue weighted by atomic mass is 10.4. The van der Waals surface area contributed by atoms with E-state index in [2.05, 4.69) is 4.52 Å².